The molecule has 0 unspecified atom stereocenters. The van der Waals surface area contributed by atoms with E-state index in [9.17, 15) is 10.1 Å². The first kappa shape index (κ1) is 15.2. The van der Waals surface area contributed by atoms with Gasteiger partial charge >= 0.3 is 0 Å². The fourth-order valence-corrected chi connectivity index (χ4v) is 2.22. The van der Waals surface area contributed by atoms with Crippen LogP contribution in [0.1, 0.15) is 11.3 Å². The van der Waals surface area contributed by atoms with Gasteiger partial charge in [-0.2, -0.15) is 0 Å². The van der Waals surface area contributed by atoms with Crippen molar-refractivity contribution < 1.29 is 14.4 Å². The highest BCUT2D eigenvalue weighted by molar-refractivity contribution is 9.08. The van der Waals surface area contributed by atoms with Gasteiger partial charge in [0, 0.05) is 17.1 Å². The van der Waals surface area contributed by atoms with Crippen LogP contribution < -0.4 is 9.47 Å². The van der Waals surface area contributed by atoms with Crippen molar-refractivity contribution in [1.82, 2.24) is 4.98 Å². The molecule has 0 fully saturated rings. The number of aromatic nitrogens is 1. The number of nitrogens with zero attached hydrogens (tertiary/aromatic N) is 2. The first-order chi connectivity index (χ1) is 10.2. The predicted octanol–water partition coefficient (Wildman–Crippen LogP) is 3.47. The summed E-state index contributed by atoms with van der Waals surface area (Å²) in [5.74, 6) is 0.769. The summed E-state index contributed by atoms with van der Waals surface area (Å²) in [6.45, 7) is 0.210. The first-order valence-electron chi connectivity index (χ1n) is 6.09. The van der Waals surface area contributed by atoms with E-state index in [-0.39, 0.29) is 12.3 Å². The second-order valence-electron chi connectivity index (χ2n) is 4.13. The molecule has 1 aromatic carbocycles. The molecular weight excluding hydrogens is 340 g/mol. The maximum absolute atomic E-state index is 11.1. The molecule has 0 spiro atoms. The van der Waals surface area contributed by atoms with Crippen LogP contribution in [0, 0.1) is 10.1 Å². The Labute approximate surface area is 130 Å². The van der Waals surface area contributed by atoms with Crippen LogP contribution in [-0.4, -0.2) is 17.0 Å². The first-order valence-corrected chi connectivity index (χ1v) is 7.21. The van der Waals surface area contributed by atoms with Crippen LogP contribution in [-0.2, 0) is 11.9 Å². The Morgan fingerprint density at radius 1 is 1.33 bits per heavy atom. The SMILES string of the molecule is COc1cc(CBr)c([N+](=O)[O-])cc1OCc1ccccn1. The molecule has 0 bridgehead atoms. The third-order valence-corrected chi connectivity index (χ3v) is 3.41. The molecule has 0 radical (unpaired) electrons. The molecule has 1 aromatic heterocycles. The van der Waals surface area contributed by atoms with Gasteiger partial charge in [-0.15, -0.1) is 0 Å². The largest absolute Gasteiger partial charge is 0.493 e. The third-order valence-electron chi connectivity index (χ3n) is 2.81. The number of benzene rings is 1. The molecule has 0 N–H and O–H groups in total. The Kier molecular flexibility index (Phi) is 5.10. The Bertz CT molecular complexity index is 634. The van der Waals surface area contributed by atoms with Crippen molar-refractivity contribution in [3.8, 4) is 11.5 Å². The van der Waals surface area contributed by atoms with Crippen molar-refractivity contribution in [1.29, 1.82) is 0 Å². The lowest BCUT2D eigenvalue weighted by Gasteiger charge is -2.12. The van der Waals surface area contributed by atoms with Crippen molar-refractivity contribution in [3.63, 3.8) is 0 Å². The van der Waals surface area contributed by atoms with Crippen LogP contribution in [0.2, 0.25) is 0 Å². The van der Waals surface area contributed by atoms with E-state index < -0.39 is 4.92 Å². The van der Waals surface area contributed by atoms with Crippen LogP contribution >= 0.6 is 15.9 Å². The second kappa shape index (κ2) is 7.03. The van der Waals surface area contributed by atoms with E-state index >= 15 is 0 Å². The number of rotatable bonds is 6. The molecule has 2 rings (SSSR count). The van der Waals surface area contributed by atoms with Crippen LogP contribution in [0.3, 0.4) is 0 Å². The lowest BCUT2D eigenvalue weighted by molar-refractivity contribution is -0.385. The van der Waals surface area contributed by atoms with Crippen molar-refractivity contribution in [2.45, 2.75) is 11.9 Å². The standard InChI is InChI=1S/C14H13BrN2O4/c1-20-13-6-10(8-15)12(17(18)19)7-14(13)21-9-11-4-2-3-5-16-11/h2-7H,8-9H2,1H3. The molecule has 2 aromatic rings. The summed E-state index contributed by atoms with van der Waals surface area (Å²) >= 11 is 3.23. The molecule has 0 saturated carbocycles. The van der Waals surface area contributed by atoms with Crippen LogP contribution in [0.15, 0.2) is 36.5 Å². The third kappa shape index (κ3) is 3.69. The van der Waals surface area contributed by atoms with Gasteiger partial charge in [0.25, 0.3) is 5.69 Å². The van der Waals surface area contributed by atoms with E-state index in [1.165, 1.54) is 13.2 Å². The summed E-state index contributed by atoms with van der Waals surface area (Å²) in [4.78, 5) is 14.8. The maximum Gasteiger partial charge on any atom is 0.277 e. The number of hydrogen-bond donors (Lipinski definition) is 0. The van der Waals surface area contributed by atoms with E-state index in [4.69, 9.17) is 9.47 Å². The molecule has 0 saturated heterocycles. The molecule has 0 aliphatic carbocycles. The molecule has 0 aliphatic rings. The van der Waals surface area contributed by atoms with Crippen LogP contribution in [0.4, 0.5) is 5.69 Å². The minimum atomic E-state index is -0.441. The fourth-order valence-electron chi connectivity index (χ4n) is 1.78. The molecule has 7 heteroatoms. The van der Waals surface area contributed by atoms with Gasteiger partial charge < -0.3 is 9.47 Å². The number of methoxy groups -OCH3 is 1. The zero-order valence-corrected chi connectivity index (χ0v) is 12.9. The van der Waals surface area contributed by atoms with Crippen molar-refractivity contribution in [2.24, 2.45) is 0 Å². The van der Waals surface area contributed by atoms with Gasteiger partial charge in [-0.05, 0) is 18.2 Å². The number of pyridine rings is 1. The summed E-state index contributed by atoms with van der Waals surface area (Å²) in [5, 5.41) is 11.4. The molecule has 6 nitrogen and oxygen atoms in total. The van der Waals surface area contributed by atoms with Crippen LogP contribution in [0.5, 0.6) is 11.5 Å². The predicted molar refractivity (Wildman–Crippen MR) is 80.8 cm³/mol. The minimum absolute atomic E-state index is 0.0105. The molecule has 110 valence electrons. The van der Waals surface area contributed by atoms with Gasteiger partial charge in [0.1, 0.15) is 6.61 Å². The lowest BCUT2D eigenvalue weighted by Crippen LogP contribution is -2.02. The van der Waals surface area contributed by atoms with Crippen molar-refractivity contribution in [2.75, 3.05) is 7.11 Å². The molecular formula is C14H13BrN2O4. The molecule has 0 amide bonds. The summed E-state index contributed by atoms with van der Waals surface area (Å²) in [5.41, 5.74) is 1.25. The normalized spacial score (nSPS) is 10.2. The van der Waals surface area contributed by atoms with Crippen molar-refractivity contribution >= 4 is 21.6 Å². The van der Waals surface area contributed by atoms with Gasteiger partial charge in [0.05, 0.1) is 23.8 Å². The number of nitro benzene ring substituents is 1. The van der Waals surface area contributed by atoms with Gasteiger partial charge in [-0.25, -0.2) is 0 Å². The summed E-state index contributed by atoms with van der Waals surface area (Å²) in [6.07, 6.45) is 1.66. The summed E-state index contributed by atoms with van der Waals surface area (Å²) in [6, 6.07) is 8.44. The van der Waals surface area contributed by atoms with E-state index in [1.807, 2.05) is 12.1 Å². The van der Waals surface area contributed by atoms with Crippen molar-refractivity contribution in [3.05, 3.63) is 57.9 Å². The Morgan fingerprint density at radius 2 is 2.14 bits per heavy atom. The number of nitro groups is 1. The second-order valence-corrected chi connectivity index (χ2v) is 4.69. The van der Waals surface area contributed by atoms with E-state index in [0.717, 1.165) is 5.69 Å². The zero-order valence-electron chi connectivity index (χ0n) is 11.3. The molecule has 1 heterocycles. The van der Waals surface area contributed by atoms with Gasteiger partial charge in [0.2, 0.25) is 0 Å². The smallest absolute Gasteiger partial charge is 0.277 e. The number of hydrogen-bond acceptors (Lipinski definition) is 5. The van der Waals surface area contributed by atoms with Gasteiger partial charge in [0.15, 0.2) is 11.5 Å². The quantitative estimate of drug-likeness (QED) is 0.452. The van der Waals surface area contributed by atoms with Gasteiger partial charge in [-0.1, -0.05) is 22.0 Å². The monoisotopic (exact) mass is 352 g/mol. The molecule has 0 atom stereocenters. The Balaban J connectivity index is 2.29. The lowest BCUT2D eigenvalue weighted by atomic mass is 10.2. The van der Waals surface area contributed by atoms with E-state index in [2.05, 4.69) is 20.9 Å². The number of halogens is 1. The summed E-state index contributed by atoms with van der Waals surface area (Å²) < 4.78 is 10.8. The molecule has 0 aliphatic heterocycles. The minimum Gasteiger partial charge on any atom is -0.493 e. The highest BCUT2D eigenvalue weighted by Gasteiger charge is 2.19. The van der Waals surface area contributed by atoms with E-state index in [1.54, 1.807) is 18.3 Å². The van der Waals surface area contributed by atoms with Gasteiger partial charge in [-0.3, -0.25) is 15.1 Å². The number of alkyl halides is 1. The fraction of sp³-hybridized carbons (Fsp3) is 0.214. The summed E-state index contributed by atoms with van der Waals surface area (Å²) in [7, 11) is 1.49. The van der Waals surface area contributed by atoms with E-state index in [0.29, 0.717) is 22.4 Å². The van der Waals surface area contributed by atoms with Crippen LogP contribution in [0.25, 0.3) is 0 Å². The number of ether oxygens (including phenoxy) is 2. The molecule has 21 heavy (non-hydrogen) atoms. The maximum atomic E-state index is 11.1. The highest BCUT2D eigenvalue weighted by Crippen LogP contribution is 2.36. The Morgan fingerprint density at radius 3 is 2.71 bits per heavy atom. The Hall–Kier alpha value is -2.15. The highest BCUT2D eigenvalue weighted by atomic mass is 79.9. The topological polar surface area (TPSA) is 74.5 Å². The zero-order chi connectivity index (χ0) is 15.2. The average molecular weight is 353 g/mol. The average Bonchev–Trinajstić information content (AvgIpc) is 2.52.